The van der Waals surface area contributed by atoms with E-state index in [0.717, 1.165) is 5.76 Å². The van der Waals surface area contributed by atoms with Crippen LogP contribution in [0.5, 0.6) is 0 Å². The lowest BCUT2D eigenvalue weighted by Crippen LogP contribution is -2.07. The molecule has 0 unspecified atom stereocenters. The number of hydrogen-bond donors (Lipinski definition) is 1. The first-order chi connectivity index (χ1) is 9.54. The van der Waals surface area contributed by atoms with Crippen LogP contribution >= 0.6 is 0 Å². The number of ketones is 1. The summed E-state index contributed by atoms with van der Waals surface area (Å²) >= 11 is 0. The summed E-state index contributed by atoms with van der Waals surface area (Å²) in [4.78, 5) is 22.8. The molecule has 0 bridgehead atoms. The topological polar surface area (TPSA) is 59.3 Å². The quantitative estimate of drug-likeness (QED) is 0.683. The number of nitrogens with one attached hydrogen (secondary N) is 1. The first kappa shape index (κ1) is 13.8. The zero-order chi connectivity index (χ0) is 14.5. The Bertz CT molecular complexity index is 651. The zero-order valence-corrected chi connectivity index (χ0v) is 11.3. The molecule has 0 spiro atoms. The van der Waals surface area contributed by atoms with E-state index in [-0.39, 0.29) is 11.7 Å². The highest BCUT2D eigenvalue weighted by Gasteiger charge is 2.01. The Balaban J connectivity index is 1.97. The molecule has 0 aliphatic carbocycles. The van der Waals surface area contributed by atoms with E-state index < -0.39 is 0 Å². The molecule has 4 heteroatoms. The molecular weight excluding hydrogens is 254 g/mol. The largest absolute Gasteiger partial charge is 0.462 e. The fourth-order valence-electron chi connectivity index (χ4n) is 1.67. The third-order valence-electron chi connectivity index (χ3n) is 2.72. The van der Waals surface area contributed by atoms with Gasteiger partial charge < -0.3 is 9.73 Å². The van der Waals surface area contributed by atoms with Crippen molar-refractivity contribution >= 4 is 23.5 Å². The fraction of sp³-hybridized carbons (Fsp3) is 0.125. The number of aryl methyl sites for hydroxylation is 1. The molecule has 20 heavy (non-hydrogen) atoms. The van der Waals surface area contributed by atoms with Crippen LogP contribution in [-0.4, -0.2) is 11.7 Å². The number of anilines is 1. The van der Waals surface area contributed by atoms with Crippen molar-refractivity contribution in [3.05, 3.63) is 59.6 Å². The number of hydrogen-bond acceptors (Lipinski definition) is 3. The SMILES string of the molecule is CC(=O)c1ccc(NC(=O)/C=C/c2ccc(C)o2)cc1. The number of furan rings is 1. The van der Waals surface area contributed by atoms with Gasteiger partial charge in [0, 0.05) is 17.3 Å². The fourth-order valence-corrected chi connectivity index (χ4v) is 1.67. The first-order valence-corrected chi connectivity index (χ1v) is 6.21. The minimum absolute atomic E-state index is 0.00374. The third-order valence-corrected chi connectivity index (χ3v) is 2.72. The molecule has 1 N–H and O–H groups in total. The third kappa shape index (κ3) is 3.68. The van der Waals surface area contributed by atoms with Crippen molar-refractivity contribution in [1.82, 2.24) is 0 Å². The molecule has 0 radical (unpaired) electrons. The van der Waals surface area contributed by atoms with E-state index in [0.29, 0.717) is 17.0 Å². The van der Waals surface area contributed by atoms with Crippen LogP contribution in [0.15, 0.2) is 46.9 Å². The van der Waals surface area contributed by atoms with Crippen LogP contribution in [-0.2, 0) is 4.79 Å². The standard InChI is InChI=1S/C16H15NO3/c1-11-3-8-15(20-11)9-10-16(19)17-14-6-4-13(5-7-14)12(2)18/h3-10H,1-2H3,(H,17,19)/b10-9+. The monoisotopic (exact) mass is 269 g/mol. The lowest BCUT2D eigenvalue weighted by Gasteiger charge is -2.02. The van der Waals surface area contributed by atoms with E-state index in [1.807, 2.05) is 13.0 Å². The van der Waals surface area contributed by atoms with Gasteiger partial charge in [-0.2, -0.15) is 0 Å². The van der Waals surface area contributed by atoms with Gasteiger partial charge in [0.25, 0.3) is 0 Å². The first-order valence-electron chi connectivity index (χ1n) is 6.21. The highest BCUT2D eigenvalue weighted by Crippen LogP contribution is 2.11. The molecule has 1 aromatic carbocycles. The molecule has 2 rings (SSSR count). The summed E-state index contributed by atoms with van der Waals surface area (Å²) < 4.78 is 5.32. The Kier molecular flexibility index (Phi) is 4.15. The van der Waals surface area contributed by atoms with E-state index in [1.165, 1.54) is 13.0 Å². The van der Waals surface area contributed by atoms with Gasteiger partial charge in [0.2, 0.25) is 5.91 Å². The summed E-state index contributed by atoms with van der Waals surface area (Å²) in [6.45, 7) is 3.34. The van der Waals surface area contributed by atoms with Crippen molar-refractivity contribution in [2.24, 2.45) is 0 Å². The second-order valence-corrected chi connectivity index (χ2v) is 4.40. The Morgan fingerprint density at radius 1 is 1.10 bits per heavy atom. The maximum absolute atomic E-state index is 11.7. The van der Waals surface area contributed by atoms with Crippen LogP contribution < -0.4 is 5.32 Å². The normalized spacial score (nSPS) is 10.7. The number of amides is 1. The summed E-state index contributed by atoms with van der Waals surface area (Å²) in [5, 5.41) is 2.71. The van der Waals surface area contributed by atoms with Gasteiger partial charge in [-0.3, -0.25) is 9.59 Å². The molecule has 102 valence electrons. The number of Topliss-reactive ketones (excluding diaryl/α,β-unsaturated/α-hetero) is 1. The van der Waals surface area contributed by atoms with Crippen LogP contribution in [0.4, 0.5) is 5.69 Å². The molecule has 1 aromatic heterocycles. The van der Waals surface area contributed by atoms with Gasteiger partial charge in [0.05, 0.1) is 0 Å². The number of benzene rings is 1. The van der Waals surface area contributed by atoms with Crippen molar-refractivity contribution in [2.75, 3.05) is 5.32 Å². The van der Waals surface area contributed by atoms with Crippen molar-refractivity contribution in [3.63, 3.8) is 0 Å². The van der Waals surface area contributed by atoms with Crippen LogP contribution in [0.25, 0.3) is 6.08 Å². The molecule has 0 saturated heterocycles. The van der Waals surface area contributed by atoms with E-state index in [9.17, 15) is 9.59 Å². The highest BCUT2D eigenvalue weighted by molar-refractivity contribution is 6.02. The van der Waals surface area contributed by atoms with Crippen molar-refractivity contribution in [1.29, 1.82) is 0 Å². The second kappa shape index (κ2) is 6.02. The van der Waals surface area contributed by atoms with Crippen LogP contribution in [0.3, 0.4) is 0 Å². The van der Waals surface area contributed by atoms with E-state index in [2.05, 4.69) is 5.32 Å². The molecule has 4 nitrogen and oxygen atoms in total. The van der Waals surface area contributed by atoms with Gasteiger partial charge >= 0.3 is 0 Å². The van der Waals surface area contributed by atoms with E-state index in [1.54, 1.807) is 36.4 Å². The van der Waals surface area contributed by atoms with Gasteiger partial charge in [-0.05, 0) is 56.3 Å². The van der Waals surface area contributed by atoms with Crippen LogP contribution in [0.1, 0.15) is 28.8 Å². The summed E-state index contributed by atoms with van der Waals surface area (Å²) in [5.74, 6) is 1.17. The Labute approximate surface area is 117 Å². The molecule has 1 amide bonds. The van der Waals surface area contributed by atoms with E-state index in [4.69, 9.17) is 4.42 Å². The average Bonchev–Trinajstić information content (AvgIpc) is 2.83. The minimum atomic E-state index is -0.255. The summed E-state index contributed by atoms with van der Waals surface area (Å²) in [6, 6.07) is 10.4. The zero-order valence-electron chi connectivity index (χ0n) is 11.3. The van der Waals surface area contributed by atoms with Gasteiger partial charge in [0.15, 0.2) is 5.78 Å². The number of carbonyl (C=O) groups excluding carboxylic acids is 2. The van der Waals surface area contributed by atoms with Gasteiger partial charge in [-0.15, -0.1) is 0 Å². The molecule has 0 atom stereocenters. The smallest absolute Gasteiger partial charge is 0.248 e. The lowest BCUT2D eigenvalue weighted by atomic mass is 10.1. The molecule has 1 heterocycles. The number of carbonyl (C=O) groups is 2. The van der Waals surface area contributed by atoms with Crippen LogP contribution in [0, 0.1) is 6.92 Å². The van der Waals surface area contributed by atoms with Crippen LogP contribution in [0.2, 0.25) is 0 Å². The molecule has 0 aliphatic rings. The Hall–Kier alpha value is -2.62. The molecule has 2 aromatic rings. The Morgan fingerprint density at radius 2 is 1.80 bits per heavy atom. The van der Waals surface area contributed by atoms with Crippen molar-refractivity contribution in [2.45, 2.75) is 13.8 Å². The van der Waals surface area contributed by atoms with Gasteiger partial charge in [-0.1, -0.05) is 0 Å². The Morgan fingerprint density at radius 3 is 2.35 bits per heavy atom. The van der Waals surface area contributed by atoms with Crippen molar-refractivity contribution in [3.8, 4) is 0 Å². The molecule has 0 fully saturated rings. The summed E-state index contributed by atoms with van der Waals surface area (Å²) in [6.07, 6.45) is 3.00. The predicted octanol–water partition coefficient (Wildman–Crippen LogP) is 3.44. The van der Waals surface area contributed by atoms with Gasteiger partial charge in [-0.25, -0.2) is 0 Å². The maximum atomic E-state index is 11.7. The predicted molar refractivity (Wildman–Crippen MR) is 77.6 cm³/mol. The minimum Gasteiger partial charge on any atom is -0.462 e. The molecule has 0 saturated carbocycles. The molecular formula is C16H15NO3. The highest BCUT2D eigenvalue weighted by atomic mass is 16.3. The van der Waals surface area contributed by atoms with E-state index >= 15 is 0 Å². The summed E-state index contributed by atoms with van der Waals surface area (Å²) in [5.41, 5.74) is 1.25. The summed E-state index contributed by atoms with van der Waals surface area (Å²) in [7, 11) is 0. The van der Waals surface area contributed by atoms with Gasteiger partial charge in [0.1, 0.15) is 11.5 Å². The second-order valence-electron chi connectivity index (χ2n) is 4.40. The average molecular weight is 269 g/mol. The number of rotatable bonds is 4. The van der Waals surface area contributed by atoms with Crippen molar-refractivity contribution < 1.29 is 14.0 Å². The molecule has 0 aliphatic heterocycles. The maximum Gasteiger partial charge on any atom is 0.248 e. The lowest BCUT2D eigenvalue weighted by molar-refractivity contribution is -0.111.